The second-order valence-corrected chi connectivity index (χ2v) is 6.60. The SMILES string of the molecule is CC(C)c1c(C2CCCC2C)nn(-c2ccccc2)c1N. The summed E-state index contributed by atoms with van der Waals surface area (Å²) in [6.45, 7) is 6.77. The highest BCUT2D eigenvalue weighted by molar-refractivity contribution is 5.52. The van der Waals surface area contributed by atoms with Gasteiger partial charge in [0.2, 0.25) is 0 Å². The molecule has 2 N–H and O–H groups in total. The zero-order chi connectivity index (χ0) is 15.0. The zero-order valence-corrected chi connectivity index (χ0v) is 13.2. The van der Waals surface area contributed by atoms with Crippen molar-refractivity contribution >= 4 is 5.82 Å². The minimum Gasteiger partial charge on any atom is -0.383 e. The maximum Gasteiger partial charge on any atom is 0.130 e. The fourth-order valence-electron chi connectivity index (χ4n) is 3.64. The third-order valence-corrected chi connectivity index (χ3v) is 4.78. The third-order valence-electron chi connectivity index (χ3n) is 4.78. The second kappa shape index (κ2) is 5.55. The number of nitrogens with two attached hydrogens (primary N) is 1. The van der Waals surface area contributed by atoms with Gasteiger partial charge in [0.25, 0.3) is 0 Å². The lowest BCUT2D eigenvalue weighted by Gasteiger charge is -2.16. The molecule has 1 aliphatic rings. The van der Waals surface area contributed by atoms with Crippen LogP contribution in [0.3, 0.4) is 0 Å². The lowest BCUT2D eigenvalue weighted by Crippen LogP contribution is -2.07. The minimum absolute atomic E-state index is 0.408. The van der Waals surface area contributed by atoms with Crippen molar-refractivity contribution in [3.8, 4) is 5.69 Å². The van der Waals surface area contributed by atoms with Gasteiger partial charge in [-0.1, -0.05) is 51.8 Å². The average molecular weight is 283 g/mol. The summed E-state index contributed by atoms with van der Waals surface area (Å²) in [7, 11) is 0. The van der Waals surface area contributed by atoms with Crippen LogP contribution in [0, 0.1) is 5.92 Å². The molecule has 0 spiro atoms. The van der Waals surface area contributed by atoms with Crippen molar-refractivity contribution in [2.24, 2.45) is 5.92 Å². The Labute approximate surface area is 127 Å². The molecule has 1 saturated carbocycles. The van der Waals surface area contributed by atoms with E-state index in [0.717, 1.165) is 11.5 Å². The topological polar surface area (TPSA) is 43.8 Å². The van der Waals surface area contributed by atoms with Gasteiger partial charge in [-0.25, -0.2) is 4.68 Å². The van der Waals surface area contributed by atoms with Crippen molar-refractivity contribution in [2.45, 2.75) is 51.9 Å². The quantitative estimate of drug-likeness (QED) is 0.902. The molecule has 0 radical (unpaired) electrons. The van der Waals surface area contributed by atoms with E-state index in [2.05, 4.69) is 32.9 Å². The van der Waals surface area contributed by atoms with Gasteiger partial charge in [0.05, 0.1) is 11.4 Å². The van der Waals surface area contributed by atoms with E-state index in [1.54, 1.807) is 0 Å². The molecule has 0 aliphatic heterocycles. The number of hydrogen-bond donors (Lipinski definition) is 1. The van der Waals surface area contributed by atoms with E-state index in [-0.39, 0.29) is 0 Å². The average Bonchev–Trinajstić information content (AvgIpc) is 3.03. The van der Waals surface area contributed by atoms with Gasteiger partial charge in [0.15, 0.2) is 0 Å². The van der Waals surface area contributed by atoms with Crippen molar-refractivity contribution in [2.75, 3.05) is 5.73 Å². The van der Waals surface area contributed by atoms with Gasteiger partial charge in [-0.15, -0.1) is 0 Å². The highest BCUT2D eigenvalue weighted by Gasteiger charge is 2.32. The summed E-state index contributed by atoms with van der Waals surface area (Å²) >= 11 is 0. The van der Waals surface area contributed by atoms with E-state index >= 15 is 0 Å². The lowest BCUT2D eigenvalue weighted by molar-refractivity contribution is 0.513. The molecule has 2 aromatic rings. The van der Waals surface area contributed by atoms with Crippen LogP contribution in [-0.2, 0) is 0 Å². The Morgan fingerprint density at radius 3 is 2.48 bits per heavy atom. The summed E-state index contributed by atoms with van der Waals surface area (Å²) in [6, 6.07) is 10.2. The van der Waals surface area contributed by atoms with Crippen LogP contribution >= 0.6 is 0 Å². The van der Waals surface area contributed by atoms with Crippen molar-refractivity contribution in [1.82, 2.24) is 9.78 Å². The fourth-order valence-corrected chi connectivity index (χ4v) is 3.64. The van der Waals surface area contributed by atoms with Gasteiger partial charge in [0, 0.05) is 11.5 Å². The number of anilines is 1. The standard InChI is InChI=1S/C18H25N3/c1-12(2)16-17(15-11-7-8-13(15)3)20-21(18(16)19)14-9-5-4-6-10-14/h4-6,9-10,12-13,15H,7-8,11,19H2,1-3H3. The number of nitrogens with zero attached hydrogens (tertiary/aromatic N) is 2. The van der Waals surface area contributed by atoms with Crippen molar-refractivity contribution in [1.29, 1.82) is 0 Å². The molecule has 1 aromatic carbocycles. The van der Waals surface area contributed by atoms with Crippen LogP contribution in [0.1, 0.15) is 63.1 Å². The first-order valence-electron chi connectivity index (χ1n) is 8.03. The molecule has 0 saturated heterocycles. The van der Waals surface area contributed by atoms with E-state index in [9.17, 15) is 0 Å². The lowest BCUT2D eigenvalue weighted by atomic mass is 9.89. The Morgan fingerprint density at radius 2 is 1.90 bits per heavy atom. The molecule has 3 rings (SSSR count). The third kappa shape index (κ3) is 2.45. The van der Waals surface area contributed by atoms with Crippen LogP contribution in [0.2, 0.25) is 0 Å². The Morgan fingerprint density at radius 1 is 1.19 bits per heavy atom. The van der Waals surface area contributed by atoms with Crippen LogP contribution in [0.4, 0.5) is 5.82 Å². The predicted octanol–water partition coefficient (Wildman–Crippen LogP) is 4.48. The highest BCUT2D eigenvalue weighted by Crippen LogP contribution is 2.43. The van der Waals surface area contributed by atoms with Crippen LogP contribution in [0.25, 0.3) is 5.69 Å². The predicted molar refractivity (Wildman–Crippen MR) is 87.8 cm³/mol. The first-order valence-corrected chi connectivity index (χ1v) is 8.03. The maximum atomic E-state index is 6.45. The van der Waals surface area contributed by atoms with Gasteiger partial charge < -0.3 is 5.73 Å². The molecule has 0 bridgehead atoms. The van der Waals surface area contributed by atoms with Gasteiger partial charge in [0.1, 0.15) is 5.82 Å². The van der Waals surface area contributed by atoms with E-state index in [0.29, 0.717) is 17.8 Å². The van der Waals surface area contributed by atoms with Crippen molar-refractivity contribution < 1.29 is 0 Å². The summed E-state index contributed by atoms with van der Waals surface area (Å²) in [4.78, 5) is 0. The van der Waals surface area contributed by atoms with Crippen LogP contribution in [-0.4, -0.2) is 9.78 Å². The second-order valence-electron chi connectivity index (χ2n) is 6.60. The number of nitrogen functional groups attached to an aromatic ring is 1. The minimum atomic E-state index is 0.408. The van der Waals surface area contributed by atoms with E-state index in [1.165, 1.54) is 30.5 Å². The Balaban J connectivity index is 2.12. The Kier molecular flexibility index (Phi) is 3.75. The van der Waals surface area contributed by atoms with Gasteiger partial charge >= 0.3 is 0 Å². The normalized spacial score (nSPS) is 22.1. The number of benzene rings is 1. The first kappa shape index (κ1) is 14.2. The van der Waals surface area contributed by atoms with Crippen LogP contribution < -0.4 is 5.73 Å². The van der Waals surface area contributed by atoms with Crippen LogP contribution in [0.15, 0.2) is 30.3 Å². The van der Waals surface area contributed by atoms with Crippen LogP contribution in [0.5, 0.6) is 0 Å². The molecule has 3 nitrogen and oxygen atoms in total. The molecule has 2 unspecified atom stereocenters. The molecule has 2 atom stereocenters. The molecule has 21 heavy (non-hydrogen) atoms. The summed E-state index contributed by atoms with van der Waals surface area (Å²) in [5, 5.41) is 4.93. The molecule has 1 heterocycles. The summed E-state index contributed by atoms with van der Waals surface area (Å²) in [5.74, 6) is 2.49. The number of rotatable bonds is 3. The number of aromatic nitrogens is 2. The van der Waals surface area contributed by atoms with Gasteiger partial charge in [-0.2, -0.15) is 5.10 Å². The monoisotopic (exact) mass is 283 g/mol. The smallest absolute Gasteiger partial charge is 0.130 e. The maximum absolute atomic E-state index is 6.45. The molecule has 112 valence electrons. The zero-order valence-electron chi connectivity index (χ0n) is 13.2. The molecule has 0 amide bonds. The molecule has 1 aliphatic carbocycles. The van der Waals surface area contributed by atoms with Crippen molar-refractivity contribution in [3.05, 3.63) is 41.6 Å². The summed E-state index contributed by atoms with van der Waals surface area (Å²) in [6.07, 6.45) is 3.86. The summed E-state index contributed by atoms with van der Waals surface area (Å²) in [5.41, 5.74) is 9.98. The number of hydrogen-bond acceptors (Lipinski definition) is 2. The number of para-hydroxylation sites is 1. The van der Waals surface area contributed by atoms with Gasteiger partial charge in [-0.05, 0) is 30.4 Å². The van der Waals surface area contributed by atoms with Crippen molar-refractivity contribution in [3.63, 3.8) is 0 Å². The Bertz CT molecular complexity index is 613. The molecule has 3 heteroatoms. The van der Waals surface area contributed by atoms with Gasteiger partial charge in [-0.3, -0.25) is 0 Å². The fraction of sp³-hybridized carbons (Fsp3) is 0.500. The molecule has 1 fully saturated rings. The van der Waals surface area contributed by atoms with E-state index in [4.69, 9.17) is 10.8 Å². The van der Waals surface area contributed by atoms with E-state index < -0.39 is 0 Å². The first-order chi connectivity index (χ1) is 10.1. The van der Waals surface area contributed by atoms with E-state index in [1.807, 2.05) is 22.9 Å². The Hall–Kier alpha value is -1.77. The highest BCUT2D eigenvalue weighted by atomic mass is 15.3. The molecular weight excluding hydrogens is 258 g/mol. The largest absolute Gasteiger partial charge is 0.383 e. The summed E-state index contributed by atoms with van der Waals surface area (Å²) < 4.78 is 1.93. The molecular formula is C18H25N3. The molecule has 1 aromatic heterocycles.